The van der Waals surface area contributed by atoms with Crippen LogP contribution in [0.3, 0.4) is 0 Å². The van der Waals surface area contributed by atoms with Gasteiger partial charge in [0.1, 0.15) is 5.75 Å². The van der Waals surface area contributed by atoms with E-state index in [0.717, 1.165) is 11.3 Å². The first-order chi connectivity index (χ1) is 14.6. The van der Waals surface area contributed by atoms with Crippen molar-refractivity contribution >= 4 is 34.7 Å². The van der Waals surface area contributed by atoms with Crippen molar-refractivity contribution in [3.63, 3.8) is 0 Å². The van der Waals surface area contributed by atoms with Crippen molar-refractivity contribution < 1.29 is 14.3 Å². The Morgan fingerprint density at radius 3 is 2.50 bits per heavy atom. The molecule has 3 N–H and O–H groups in total. The lowest BCUT2D eigenvalue weighted by Gasteiger charge is -2.06. The number of rotatable bonds is 6. The van der Waals surface area contributed by atoms with Crippen LogP contribution in [-0.2, 0) is 0 Å². The number of H-pyrrole nitrogens is 1. The lowest BCUT2D eigenvalue weighted by Crippen LogP contribution is -2.13. The molecule has 0 bridgehead atoms. The second-order valence-corrected chi connectivity index (χ2v) is 7.28. The molecule has 0 radical (unpaired) electrons. The standard InChI is InChI=1S/C22H18N4O3S/c1-29-18-6-3-2-5-16(18)17-13-20(26-25-17)24-21(27)14-8-10-15(11-9-14)23-22(28)19-7-4-12-30-19/h2-13H,1H3,(H,23,28)(H2,24,25,26,27). The number of amides is 2. The molecular formula is C22H18N4O3S. The Morgan fingerprint density at radius 1 is 0.967 bits per heavy atom. The second kappa shape index (κ2) is 8.62. The van der Waals surface area contributed by atoms with E-state index in [1.165, 1.54) is 11.3 Å². The molecule has 2 aromatic heterocycles. The van der Waals surface area contributed by atoms with Crippen LogP contribution in [0, 0.1) is 0 Å². The molecule has 0 spiro atoms. The maximum absolute atomic E-state index is 12.5. The van der Waals surface area contributed by atoms with Crippen molar-refractivity contribution in [3.05, 3.63) is 82.6 Å². The fourth-order valence-electron chi connectivity index (χ4n) is 2.88. The first-order valence-corrected chi connectivity index (χ1v) is 9.97. The summed E-state index contributed by atoms with van der Waals surface area (Å²) in [6.07, 6.45) is 0. The van der Waals surface area contributed by atoms with Crippen molar-refractivity contribution in [2.24, 2.45) is 0 Å². The summed E-state index contributed by atoms with van der Waals surface area (Å²) in [4.78, 5) is 25.3. The van der Waals surface area contributed by atoms with Crippen molar-refractivity contribution in [1.82, 2.24) is 10.2 Å². The largest absolute Gasteiger partial charge is 0.496 e. The molecule has 0 saturated carbocycles. The summed E-state index contributed by atoms with van der Waals surface area (Å²) in [6.45, 7) is 0. The third-order valence-corrected chi connectivity index (χ3v) is 5.24. The number of hydrogen-bond acceptors (Lipinski definition) is 5. The Hall–Kier alpha value is -3.91. The predicted octanol–water partition coefficient (Wildman–Crippen LogP) is 4.65. The van der Waals surface area contributed by atoms with E-state index < -0.39 is 0 Å². The minimum Gasteiger partial charge on any atom is -0.496 e. The molecule has 2 aromatic carbocycles. The third kappa shape index (κ3) is 4.23. The molecule has 0 fully saturated rings. The van der Waals surface area contributed by atoms with Gasteiger partial charge in [-0.1, -0.05) is 18.2 Å². The zero-order valence-electron chi connectivity index (χ0n) is 16.0. The highest BCUT2D eigenvalue weighted by atomic mass is 32.1. The highest BCUT2D eigenvalue weighted by molar-refractivity contribution is 7.12. The molecule has 4 aromatic rings. The van der Waals surface area contributed by atoms with Gasteiger partial charge in [0.25, 0.3) is 11.8 Å². The number of carbonyl (C=O) groups is 2. The Kier molecular flexibility index (Phi) is 5.58. The number of hydrogen-bond donors (Lipinski definition) is 3. The second-order valence-electron chi connectivity index (χ2n) is 6.33. The average Bonchev–Trinajstić information content (AvgIpc) is 3.47. The topological polar surface area (TPSA) is 96.1 Å². The summed E-state index contributed by atoms with van der Waals surface area (Å²) in [5.74, 6) is 0.627. The smallest absolute Gasteiger partial charge is 0.265 e. The Labute approximate surface area is 176 Å². The number of anilines is 2. The average molecular weight is 418 g/mol. The predicted molar refractivity (Wildman–Crippen MR) is 117 cm³/mol. The van der Waals surface area contributed by atoms with Gasteiger partial charge in [-0.15, -0.1) is 11.3 Å². The highest BCUT2D eigenvalue weighted by Crippen LogP contribution is 2.29. The quantitative estimate of drug-likeness (QED) is 0.425. The van der Waals surface area contributed by atoms with E-state index in [4.69, 9.17) is 4.74 Å². The van der Waals surface area contributed by atoms with Gasteiger partial charge in [-0.05, 0) is 47.8 Å². The fourth-order valence-corrected chi connectivity index (χ4v) is 3.50. The SMILES string of the molecule is COc1ccccc1-c1cc(NC(=O)c2ccc(NC(=O)c3cccs3)cc2)n[nH]1. The molecular weight excluding hydrogens is 400 g/mol. The lowest BCUT2D eigenvalue weighted by atomic mass is 10.1. The van der Waals surface area contributed by atoms with Crippen LogP contribution in [0.1, 0.15) is 20.0 Å². The Balaban J connectivity index is 1.42. The van der Waals surface area contributed by atoms with Crippen LogP contribution in [0.15, 0.2) is 72.1 Å². The molecule has 0 aliphatic heterocycles. The Morgan fingerprint density at radius 2 is 1.77 bits per heavy atom. The van der Waals surface area contributed by atoms with Crippen molar-refractivity contribution in [2.75, 3.05) is 17.7 Å². The van der Waals surface area contributed by atoms with Gasteiger partial charge < -0.3 is 15.4 Å². The number of ether oxygens (including phenoxy) is 1. The van der Waals surface area contributed by atoms with E-state index in [1.807, 2.05) is 35.7 Å². The number of aromatic nitrogens is 2. The zero-order chi connectivity index (χ0) is 20.9. The van der Waals surface area contributed by atoms with Crippen LogP contribution in [0.5, 0.6) is 5.75 Å². The minimum atomic E-state index is -0.302. The van der Waals surface area contributed by atoms with Crippen LogP contribution in [0.4, 0.5) is 11.5 Å². The summed E-state index contributed by atoms with van der Waals surface area (Å²) < 4.78 is 5.36. The number of nitrogens with zero attached hydrogens (tertiary/aromatic N) is 1. The number of thiophene rings is 1. The molecule has 2 heterocycles. The van der Waals surface area contributed by atoms with Gasteiger partial charge in [-0.2, -0.15) is 5.10 Å². The summed E-state index contributed by atoms with van der Waals surface area (Å²) in [5, 5.41) is 14.5. The maximum Gasteiger partial charge on any atom is 0.265 e. The Bertz CT molecular complexity index is 1170. The molecule has 150 valence electrons. The van der Waals surface area contributed by atoms with E-state index >= 15 is 0 Å². The van der Waals surface area contributed by atoms with Crippen LogP contribution < -0.4 is 15.4 Å². The number of para-hydroxylation sites is 1. The van der Waals surface area contributed by atoms with Gasteiger partial charge in [0, 0.05) is 22.9 Å². The molecule has 4 rings (SSSR count). The monoisotopic (exact) mass is 418 g/mol. The van der Waals surface area contributed by atoms with Crippen LogP contribution >= 0.6 is 11.3 Å². The molecule has 0 saturated heterocycles. The van der Waals surface area contributed by atoms with E-state index in [-0.39, 0.29) is 11.8 Å². The fraction of sp³-hybridized carbons (Fsp3) is 0.0455. The van der Waals surface area contributed by atoms with Crippen LogP contribution in [0.2, 0.25) is 0 Å². The zero-order valence-corrected chi connectivity index (χ0v) is 16.8. The third-order valence-electron chi connectivity index (χ3n) is 4.37. The normalized spacial score (nSPS) is 10.4. The van der Waals surface area contributed by atoms with Crippen LogP contribution in [-0.4, -0.2) is 29.1 Å². The number of carbonyl (C=O) groups excluding carboxylic acids is 2. The molecule has 0 aliphatic carbocycles. The van der Waals surface area contributed by atoms with Gasteiger partial charge in [-0.25, -0.2) is 0 Å². The highest BCUT2D eigenvalue weighted by Gasteiger charge is 2.12. The summed E-state index contributed by atoms with van der Waals surface area (Å²) in [5.41, 5.74) is 2.64. The van der Waals surface area contributed by atoms with E-state index in [2.05, 4.69) is 20.8 Å². The molecule has 7 nitrogen and oxygen atoms in total. The summed E-state index contributed by atoms with van der Waals surface area (Å²) in [6, 6.07) is 19.5. The van der Waals surface area contributed by atoms with Gasteiger partial charge >= 0.3 is 0 Å². The van der Waals surface area contributed by atoms with Crippen LogP contribution in [0.25, 0.3) is 11.3 Å². The summed E-state index contributed by atoms with van der Waals surface area (Å²) >= 11 is 1.37. The summed E-state index contributed by atoms with van der Waals surface area (Å²) in [7, 11) is 1.60. The van der Waals surface area contributed by atoms with E-state index in [1.54, 1.807) is 43.5 Å². The first-order valence-electron chi connectivity index (χ1n) is 9.09. The molecule has 0 atom stereocenters. The van der Waals surface area contributed by atoms with E-state index in [0.29, 0.717) is 27.7 Å². The van der Waals surface area contributed by atoms with E-state index in [9.17, 15) is 9.59 Å². The number of methoxy groups -OCH3 is 1. The van der Waals surface area contributed by atoms with Gasteiger partial charge in [0.05, 0.1) is 17.7 Å². The van der Waals surface area contributed by atoms with Crippen molar-refractivity contribution in [3.8, 4) is 17.0 Å². The molecule has 30 heavy (non-hydrogen) atoms. The van der Waals surface area contributed by atoms with Crippen molar-refractivity contribution in [2.45, 2.75) is 0 Å². The number of benzene rings is 2. The van der Waals surface area contributed by atoms with Crippen molar-refractivity contribution in [1.29, 1.82) is 0 Å². The molecule has 8 heteroatoms. The van der Waals surface area contributed by atoms with Gasteiger partial charge in [-0.3, -0.25) is 14.7 Å². The first kappa shape index (κ1) is 19.4. The lowest BCUT2D eigenvalue weighted by molar-refractivity contribution is 0.102. The molecule has 0 unspecified atom stereocenters. The van der Waals surface area contributed by atoms with Gasteiger partial charge in [0.15, 0.2) is 5.82 Å². The maximum atomic E-state index is 12.5. The molecule has 2 amide bonds. The number of nitrogens with one attached hydrogen (secondary N) is 3. The molecule has 0 aliphatic rings. The minimum absolute atomic E-state index is 0.178. The van der Waals surface area contributed by atoms with Gasteiger partial charge in [0.2, 0.25) is 0 Å². The number of aromatic amines is 1.